The summed E-state index contributed by atoms with van der Waals surface area (Å²) in [5.74, 6) is 1.84. The van der Waals surface area contributed by atoms with Crippen LogP contribution in [0.25, 0.3) is 0 Å². The van der Waals surface area contributed by atoms with Crippen molar-refractivity contribution in [2.75, 3.05) is 24.2 Å². The number of aliphatic hydroxyl groups is 1. The molecule has 96 valence electrons. The highest BCUT2D eigenvalue weighted by atomic mass is 16.3. The summed E-state index contributed by atoms with van der Waals surface area (Å²) in [5, 5.41) is 16.0. The molecule has 1 aromatic rings. The lowest BCUT2D eigenvalue weighted by atomic mass is 9.97. The Bertz CT molecular complexity index is 328. The minimum Gasteiger partial charge on any atom is -0.391 e. The van der Waals surface area contributed by atoms with Gasteiger partial charge in [0.2, 0.25) is 0 Å². The number of rotatable bonds is 7. The lowest BCUT2D eigenvalue weighted by Gasteiger charge is -2.20. The number of aromatic nitrogens is 2. The molecule has 0 bridgehead atoms. The van der Waals surface area contributed by atoms with Crippen molar-refractivity contribution in [3.8, 4) is 0 Å². The van der Waals surface area contributed by atoms with Crippen LogP contribution in [0.2, 0.25) is 0 Å². The monoisotopic (exact) mass is 238 g/mol. The van der Waals surface area contributed by atoms with Crippen LogP contribution >= 0.6 is 0 Å². The van der Waals surface area contributed by atoms with Crippen LogP contribution in [0.4, 0.5) is 11.6 Å². The first-order valence-corrected chi connectivity index (χ1v) is 6.13. The molecule has 0 spiro atoms. The van der Waals surface area contributed by atoms with Gasteiger partial charge in [-0.25, -0.2) is 9.97 Å². The third kappa shape index (κ3) is 4.19. The highest BCUT2D eigenvalue weighted by molar-refractivity contribution is 5.45. The summed E-state index contributed by atoms with van der Waals surface area (Å²) in [4.78, 5) is 8.12. The van der Waals surface area contributed by atoms with E-state index in [9.17, 15) is 5.11 Å². The number of hydrogen-bond donors (Lipinski definition) is 3. The number of nitrogens with zero attached hydrogens (tertiary/aromatic N) is 2. The largest absolute Gasteiger partial charge is 0.391 e. The average Bonchev–Trinajstić information content (AvgIpc) is 2.38. The lowest BCUT2D eigenvalue weighted by Crippen LogP contribution is -2.28. The molecule has 1 unspecified atom stereocenters. The van der Waals surface area contributed by atoms with Crippen molar-refractivity contribution in [2.24, 2.45) is 5.92 Å². The zero-order valence-corrected chi connectivity index (χ0v) is 10.8. The smallest absolute Gasteiger partial charge is 0.131 e. The molecular weight excluding hydrogens is 216 g/mol. The summed E-state index contributed by atoms with van der Waals surface area (Å²) in [6, 6.07) is 1.82. The molecule has 0 aliphatic carbocycles. The van der Waals surface area contributed by atoms with Gasteiger partial charge in [-0.1, -0.05) is 26.7 Å². The normalized spacial score (nSPS) is 12.5. The summed E-state index contributed by atoms with van der Waals surface area (Å²) >= 11 is 0. The molecule has 0 radical (unpaired) electrons. The molecule has 5 nitrogen and oxygen atoms in total. The van der Waals surface area contributed by atoms with Gasteiger partial charge in [-0.05, 0) is 5.92 Å². The van der Waals surface area contributed by atoms with Crippen molar-refractivity contribution in [3.05, 3.63) is 12.4 Å². The molecule has 0 aromatic carbocycles. The maximum atomic E-state index is 9.98. The molecule has 0 aliphatic rings. The molecule has 0 amide bonds. The Balaban J connectivity index is 2.49. The van der Waals surface area contributed by atoms with Gasteiger partial charge in [0.25, 0.3) is 0 Å². The fourth-order valence-electron chi connectivity index (χ4n) is 1.80. The maximum Gasteiger partial charge on any atom is 0.131 e. The second-order valence-corrected chi connectivity index (χ2v) is 4.06. The fourth-order valence-corrected chi connectivity index (χ4v) is 1.80. The van der Waals surface area contributed by atoms with E-state index in [4.69, 9.17) is 0 Å². The van der Waals surface area contributed by atoms with Crippen LogP contribution in [0.5, 0.6) is 0 Å². The van der Waals surface area contributed by atoms with Crippen LogP contribution in [-0.4, -0.2) is 34.8 Å². The van der Waals surface area contributed by atoms with Crippen LogP contribution in [0.3, 0.4) is 0 Å². The molecule has 1 atom stereocenters. The van der Waals surface area contributed by atoms with Crippen molar-refractivity contribution in [3.63, 3.8) is 0 Å². The van der Waals surface area contributed by atoms with Crippen molar-refractivity contribution in [1.29, 1.82) is 0 Å². The number of anilines is 2. The zero-order valence-electron chi connectivity index (χ0n) is 10.8. The summed E-state index contributed by atoms with van der Waals surface area (Å²) in [6.07, 6.45) is 3.14. The van der Waals surface area contributed by atoms with Gasteiger partial charge in [0.05, 0.1) is 6.10 Å². The third-order valence-electron chi connectivity index (χ3n) is 3.01. The summed E-state index contributed by atoms with van der Waals surface area (Å²) in [7, 11) is 1.81. The number of aliphatic hydroxyl groups excluding tert-OH is 1. The topological polar surface area (TPSA) is 70.1 Å². The van der Waals surface area contributed by atoms with E-state index in [1.165, 1.54) is 6.33 Å². The molecular formula is C12H22N4O. The molecule has 5 heteroatoms. The molecule has 3 N–H and O–H groups in total. The Kier molecular flexibility index (Phi) is 5.69. The second kappa shape index (κ2) is 7.06. The lowest BCUT2D eigenvalue weighted by molar-refractivity contribution is 0.114. The quantitative estimate of drug-likeness (QED) is 0.675. The molecule has 1 aromatic heterocycles. The first-order chi connectivity index (χ1) is 8.21. The summed E-state index contributed by atoms with van der Waals surface area (Å²) < 4.78 is 0. The fraction of sp³-hybridized carbons (Fsp3) is 0.667. The first-order valence-electron chi connectivity index (χ1n) is 6.13. The third-order valence-corrected chi connectivity index (χ3v) is 3.01. The predicted molar refractivity (Wildman–Crippen MR) is 70.1 cm³/mol. The molecule has 1 heterocycles. The van der Waals surface area contributed by atoms with E-state index in [0.29, 0.717) is 12.5 Å². The zero-order chi connectivity index (χ0) is 12.7. The van der Waals surface area contributed by atoms with Crippen molar-refractivity contribution in [1.82, 2.24) is 9.97 Å². The van der Waals surface area contributed by atoms with E-state index in [1.807, 2.05) is 13.1 Å². The van der Waals surface area contributed by atoms with Gasteiger partial charge in [0, 0.05) is 19.7 Å². The molecule has 0 fully saturated rings. The van der Waals surface area contributed by atoms with Gasteiger partial charge in [-0.3, -0.25) is 0 Å². The summed E-state index contributed by atoms with van der Waals surface area (Å²) in [5.41, 5.74) is 0. The van der Waals surface area contributed by atoms with Gasteiger partial charge in [0.15, 0.2) is 0 Å². The van der Waals surface area contributed by atoms with Crippen LogP contribution in [0.1, 0.15) is 26.7 Å². The van der Waals surface area contributed by atoms with E-state index >= 15 is 0 Å². The SMILES string of the molecule is CCC(CC)C(O)CNc1cc(NC)ncn1. The van der Waals surface area contributed by atoms with E-state index in [1.54, 1.807) is 0 Å². The van der Waals surface area contributed by atoms with Gasteiger partial charge in [-0.15, -0.1) is 0 Å². The first kappa shape index (κ1) is 13.7. The van der Waals surface area contributed by atoms with Crippen molar-refractivity contribution in [2.45, 2.75) is 32.8 Å². The molecule has 1 rings (SSSR count). The molecule has 0 saturated heterocycles. The van der Waals surface area contributed by atoms with Crippen LogP contribution in [-0.2, 0) is 0 Å². The predicted octanol–water partition coefficient (Wildman–Crippen LogP) is 1.73. The Hall–Kier alpha value is -1.36. The van der Waals surface area contributed by atoms with Gasteiger partial charge in [-0.2, -0.15) is 0 Å². The van der Waals surface area contributed by atoms with Gasteiger partial charge in [0.1, 0.15) is 18.0 Å². The highest BCUT2D eigenvalue weighted by Crippen LogP contribution is 2.14. The molecule has 0 aliphatic heterocycles. The van der Waals surface area contributed by atoms with Crippen LogP contribution < -0.4 is 10.6 Å². The minimum absolute atomic E-state index is 0.335. The van der Waals surface area contributed by atoms with E-state index < -0.39 is 0 Å². The van der Waals surface area contributed by atoms with E-state index in [-0.39, 0.29) is 6.10 Å². The van der Waals surface area contributed by atoms with Crippen LogP contribution in [0.15, 0.2) is 12.4 Å². The number of nitrogens with one attached hydrogen (secondary N) is 2. The maximum absolute atomic E-state index is 9.98. The Morgan fingerprint density at radius 2 is 1.88 bits per heavy atom. The molecule has 17 heavy (non-hydrogen) atoms. The van der Waals surface area contributed by atoms with Gasteiger partial charge >= 0.3 is 0 Å². The van der Waals surface area contributed by atoms with Crippen molar-refractivity contribution < 1.29 is 5.11 Å². The average molecular weight is 238 g/mol. The minimum atomic E-state index is -0.335. The highest BCUT2D eigenvalue weighted by Gasteiger charge is 2.15. The Morgan fingerprint density at radius 1 is 1.24 bits per heavy atom. The molecule has 0 saturated carbocycles. The van der Waals surface area contributed by atoms with Crippen molar-refractivity contribution >= 4 is 11.6 Å². The Morgan fingerprint density at radius 3 is 2.47 bits per heavy atom. The van der Waals surface area contributed by atoms with Crippen LogP contribution in [0, 0.1) is 5.92 Å². The van der Waals surface area contributed by atoms with Gasteiger partial charge < -0.3 is 15.7 Å². The number of hydrogen-bond acceptors (Lipinski definition) is 5. The second-order valence-electron chi connectivity index (χ2n) is 4.06. The van der Waals surface area contributed by atoms with E-state index in [0.717, 1.165) is 24.5 Å². The Labute approximate surface area is 103 Å². The van der Waals surface area contributed by atoms with E-state index in [2.05, 4.69) is 34.4 Å². The standard InChI is InChI=1S/C12H22N4O/c1-4-9(5-2)10(17)7-14-12-6-11(13-3)15-8-16-12/h6,8-10,17H,4-5,7H2,1-3H3,(H2,13,14,15,16). The summed E-state index contributed by atoms with van der Waals surface area (Å²) in [6.45, 7) is 4.72.